The summed E-state index contributed by atoms with van der Waals surface area (Å²) in [4.78, 5) is 28.9. The number of likely N-dealkylation sites (tertiary alicyclic amines) is 1. The highest BCUT2D eigenvalue weighted by atomic mass is 16.5. The lowest BCUT2D eigenvalue weighted by atomic mass is 9.95. The molecule has 3 aliphatic rings. The number of benzene rings is 1. The summed E-state index contributed by atoms with van der Waals surface area (Å²) in [7, 11) is 0. The molecular weight excluding hydrogens is 382 g/mol. The SMILES string of the molecule is O=C(NCc1ccc(OC2CCCC2)cc1)N1CCC(C(=O)N2CCOCC2)CC1. The van der Waals surface area contributed by atoms with E-state index in [1.54, 1.807) is 0 Å². The maximum atomic E-state index is 12.6. The third kappa shape index (κ3) is 5.45. The van der Waals surface area contributed by atoms with E-state index in [1.165, 1.54) is 12.8 Å². The van der Waals surface area contributed by atoms with Crippen LogP contribution < -0.4 is 10.1 Å². The van der Waals surface area contributed by atoms with Crippen LogP contribution in [0.2, 0.25) is 0 Å². The number of ether oxygens (including phenoxy) is 2. The Hall–Kier alpha value is -2.28. The molecular formula is C23H33N3O4. The second kappa shape index (κ2) is 10.2. The van der Waals surface area contributed by atoms with Gasteiger partial charge in [0.1, 0.15) is 5.75 Å². The number of rotatable bonds is 5. The fourth-order valence-electron chi connectivity index (χ4n) is 4.55. The van der Waals surface area contributed by atoms with E-state index in [4.69, 9.17) is 9.47 Å². The number of carbonyl (C=O) groups excluding carboxylic acids is 2. The number of nitrogens with one attached hydrogen (secondary N) is 1. The zero-order valence-corrected chi connectivity index (χ0v) is 17.7. The Morgan fingerprint density at radius 3 is 2.27 bits per heavy atom. The first-order valence-electron chi connectivity index (χ1n) is 11.3. The minimum absolute atomic E-state index is 0.0274. The molecule has 3 amide bonds. The highest BCUT2D eigenvalue weighted by Gasteiger charge is 2.30. The third-order valence-electron chi connectivity index (χ3n) is 6.43. The van der Waals surface area contributed by atoms with Gasteiger partial charge in [-0.25, -0.2) is 4.79 Å². The summed E-state index contributed by atoms with van der Waals surface area (Å²) < 4.78 is 11.3. The summed E-state index contributed by atoms with van der Waals surface area (Å²) >= 11 is 0. The van der Waals surface area contributed by atoms with Crippen molar-refractivity contribution in [3.05, 3.63) is 29.8 Å². The van der Waals surface area contributed by atoms with Crippen LogP contribution >= 0.6 is 0 Å². The summed E-state index contributed by atoms with van der Waals surface area (Å²) in [6, 6.07) is 7.94. The number of morpholine rings is 1. The molecule has 0 bridgehead atoms. The van der Waals surface area contributed by atoms with Gasteiger partial charge in [0, 0.05) is 38.6 Å². The van der Waals surface area contributed by atoms with Crippen LogP contribution in [0.3, 0.4) is 0 Å². The van der Waals surface area contributed by atoms with E-state index in [-0.39, 0.29) is 17.9 Å². The smallest absolute Gasteiger partial charge is 0.317 e. The van der Waals surface area contributed by atoms with Gasteiger partial charge in [-0.05, 0) is 56.2 Å². The molecule has 3 fully saturated rings. The van der Waals surface area contributed by atoms with Crippen LogP contribution in [-0.4, -0.2) is 67.2 Å². The van der Waals surface area contributed by atoms with Crippen LogP contribution in [0.1, 0.15) is 44.1 Å². The quantitative estimate of drug-likeness (QED) is 0.803. The molecule has 1 aromatic rings. The van der Waals surface area contributed by atoms with E-state index in [0.717, 1.165) is 37.0 Å². The van der Waals surface area contributed by atoms with E-state index in [1.807, 2.05) is 34.1 Å². The molecule has 4 rings (SSSR count). The van der Waals surface area contributed by atoms with Crippen LogP contribution in [0.5, 0.6) is 5.75 Å². The molecule has 1 aliphatic carbocycles. The number of amides is 3. The van der Waals surface area contributed by atoms with Gasteiger partial charge in [0.15, 0.2) is 0 Å². The number of hydrogen-bond acceptors (Lipinski definition) is 4. The number of hydrogen-bond donors (Lipinski definition) is 1. The molecule has 0 atom stereocenters. The predicted octanol–water partition coefficient (Wildman–Crippen LogP) is 2.79. The van der Waals surface area contributed by atoms with Gasteiger partial charge in [-0.3, -0.25) is 4.79 Å². The lowest BCUT2D eigenvalue weighted by Gasteiger charge is -2.35. The van der Waals surface area contributed by atoms with Gasteiger partial charge in [-0.1, -0.05) is 12.1 Å². The van der Waals surface area contributed by atoms with Gasteiger partial charge in [-0.2, -0.15) is 0 Å². The fraction of sp³-hybridized carbons (Fsp3) is 0.652. The first kappa shape index (κ1) is 21.0. The van der Waals surface area contributed by atoms with Crippen molar-refractivity contribution >= 4 is 11.9 Å². The van der Waals surface area contributed by atoms with Crippen molar-refractivity contribution in [2.24, 2.45) is 5.92 Å². The van der Waals surface area contributed by atoms with Crippen molar-refractivity contribution in [3.8, 4) is 5.75 Å². The molecule has 0 aromatic heterocycles. The molecule has 2 heterocycles. The number of urea groups is 1. The monoisotopic (exact) mass is 415 g/mol. The molecule has 7 nitrogen and oxygen atoms in total. The Bertz CT molecular complexity index is 704. The molecule has 1 N–H and O–H groups in total. The average molecular weight is 416 g/mol. The van der Waals surface area contributed by atoms with Crippen LogP contribution in [0.4, 0.5) is 4.79 Å². The highest BCUT2D eigenvalue weighted by Crippen LogP contribution is 2.24. The van der Waals surface area contributed by atoms with Crippen molar-refractivity contribution in [2.75, 3.05) is 39.4 Å². The highest BCUT2D eigenvalue weighted by molar-refractivity contribution is 5.80. The molecule has 1 aromatic carbocycles. The number of piperidine rings is 1. The summed E-state index contributed by atoms with van der Waals surface area (Å²) in [6.45, 7) is 4.37. The standard InChI is InChI=1S/C23H33N3O4/c27-22(25-13-15-29-16-14-25)19-9-11-26(12-10-19)23(28)24-17-18-5-7-21(8-6-18)30-20-3-1-2-4-20/h5-8,19-20H,1-4,9-17H2,(H,24,28). The summed E-state index contributed by atoms with van der Waals surface area (Å²) in [5.74, 6) is 1.15. The van der Waals surface area contributed by atoms with Crippen LogP contribution in [-0.2, 0) is 16.1 Å². The maximum absolute atomic E-state index is 12.6. The average Bonchev–Trinajstić information content (AvgIpc) is 3.32. The lowest BCUT2D eigenvalue weighted by Crippen LogP contribution is -2.49. The zero-order chi connectivity index (χ0) is 20.8. The number of nitrogens with zero attached hydrogens (tertiary/aromatic N) is 2. The number of carbonyl (C=O) groups is 2. The Morgan fingerprint density at radius 2 is 1.60 bits per heavy atom. The second-order valence-electron chi connectivity index (χ2n) is 8.53. The predicted molar refractivity (Wildman–Crippen MR) is 113 cm³/mol. The summed E-state index contributed by atoms with van der Waals surface area (Å²) in [6.07, 6.45) is 6.63. The molecule has 1 saturated carbocycles. The normalized spacial score (nSPS) is 20.9. The van der Waals surface area contributed by atoms with Gasteiger partial charge < -0.3 is 24.6 Å². The maximum Gasteiger partial charge on any atom is 0.317 e. The van der Waals surface area contributed by atoms with Crippen LogP contribution in [0.15, 0.2) is 24.3 Å². The van der Waals surface area contributed by atoms with Crippen molar-refractivity contribution in [2.45, 2.75) is 51.2 Å². The van der Waals surface area contributed by atoms with Crippen molar-refractivity contribution in [1.29, 1.82) is 0 Å². The second-order valence-corrected chi connectivity index (χ2v) is 8.53. The van der Waals surface area contributed by atoms with E-state index in [9.17, 15) is 9.59 Å². The Labute approximate surface area is 178 Å². The first-order chi connectivity index (χ1) is 14.7. The van der Waals surface area contributed by atoms with Gasteiger partial charge in [0.25, 0.3) is 0 Å². The Balaban J connectivity index is 1.18. The zero-order valence-electron chi connectivity index (χ0n) is 17.7. The van der Waals surface area contributed by atoms with E-state index in [2.05, 4.69) is 5.32 Å². The molecule has 30 heavy (non-hydrogen) atoms. The Morgan fingerprint density at radius 1 is 0.933 bits per heavy atom. The minimum Gasteiger partial charge on any atom is -0.490 e. The summed E-state index contributed by atoms with van der Waals surface area (Å²) in [5.41, 5.74) is 1.06. The molecule has 2 aliphatic heterocycles. The largest absolute Gasteiger partial charge is 0.490 e. The lowest BCUT2D eigenvalue weighted by molar-refractivity contribution is -0.141. The fourth-order valence-corrected chi connectivity index (χ4v) is 4.55. The van der Waals surface area contributed by atoms with Crippen LogP contribution in [0.25, 0.3) is 0 Å². The molecule has 7 heteroatoms. The molecule has 0 unspecified atom stereocenters. The van der Waals surface area contributed by atoms with Gasteiger partial charge in [0.05, 0.1) is 19.3 Å². The van der Waals surface area contributed by atoms with Crippen LogP contribution in [0, 0.1) is 5.92 Å². The van der Waals surface area contributed by atoms with Crippen molar-refractivity contribution in [3.63, 3.8) is 0 Å². The van der Waals surface area contributed by atoms with Gasteiger partial charge >= 0.3 is 6.03 Å². The first-order valence-corrected chi connectivity index (χ1v) is 11.3. The van der Waals surface area contributed by atoms with E-state index >= 15 is 0 Å². The molecule has 0 radical (unpaired) electrons. The van der Waals surface area contributed by atoms with Gasteiger partial charge in [0.2, 0.25) is 5.91 Å². The molecule has 164 valence electrons. The van der Waals surface area contributed by atoms with Crippen molar-refractivity contribution < 1.29 is 19.1 Å². The van der Waals surface area contributed by atoms with Gasteiger partial charge in [-0.15, -0.1) is 0 Å². The molecule has 2 saturated heterocycles. The summed E-state index contributed by atoms with van der Waals surface area (Å²) in [5, 5.41) is 3.00. The van der Waals surface area contributed by atoms with E-state index < -0.39 is 0 Å². The topological polar surface area (TPSA) is 71.1 Å². The Kier molecular flexibility index (Phi) is 7.10. The minimum atomic E-state index is -0.0569. The van der Waals surface area contributed by atoms with E-state index in [0.29, 0.717) is 52.0 Å². The molecule has 0 spiro atoms. The third-order valence-corrected chi connectivity index (χ3v) is 6.43. The van der Waals surface area contributed by atoms with Crippen molar-refractivity contribution in [1.82, 2.24) is 15.1 Å².